The molecule has 1 aliphatic heterocycles. The minimum absolute atomic E-state index is 0.0258. The van der Waals surface area contributed by atoms with Gasteiger partial charge in [-0.2, -0.15) is 0 Å². The third-order valence-electron chi connectivity index (χ3n) is 3.52. The van der Waals surface area contributed by atoms with Gasteiger partial charge in [0.15, 0.2) is 0 Å². The highest BCUT2D eigenvalue weighted by Crippen LogP contribution is 2.23. The lowest BCUT2D eigenvalue weighted by Gasteiger charge is -2.36. The second-order valence-corrected chi connectivity index (χ2v) is 7.35. The molecule has 21 heavy (non-hydrogen) atoms. The van der Waals surface area contributed by atoms with E-state index < -0.39 is 12.0 Å². The maximum atomic E-state index is 12.1. The number of aliphatic carboxylic acids is 1. The summed E-state index contributed by atoms with van der Waals surface area (Å²) in [7, 11) is 0. The van der Waals surface area contributed by atoms with Crippen molar-refractivity contribution in [1.82, 2.24) is 9.80 Å². The quantitative estimate of drug-likeness (QED) is 0.822. The Balaban J connectivity index is 1.86. The molecule has 1 fully saturated rings. The number of carbonyl (C=O) groups is 2. The van der Waals surface area contributed by atoms with E-state index in [0.29, 0.717) is 26.2 Å². The van der Waals surface area contributed by atoms with Crippen molar-refractivity contribution in [3.8, 4) is 0 Å². The average molecular weight is 373 g/mol. The first-order valence-corrected chi connectivity index (χ1v) is 8.27. The fourth-order valence-electron chi connectivity index (χ4n) is 2.16. The van der Waals surface area contributed by atoms with Crippen LogP contribution in [0.3, 0.4) is 0 Å². The van der Waals surface area contributed by atoms with Crippen LogP contribution in [0.25, 0.3) is 6.08 Å². The zero-order chi connectivity index (χ0) is 15.4. The van der Waals surface area contributed by atoms with Crippen LogP contribution in [0.1, 0.15) is 11.8 Å². The third-order valence-corrected chi connectivity index (χ3v) is 5.10. The highest BCUT2D eigenvalue weighted by molar-refractivity contribution is 9.11. The Labute approximate surface area is 136 Å². The third kappa shape index (κ3) is 4.39. The van der Waals surface area contributed by atoms with Gasteiger partial charge >= 0.3 is 5.97 Å². The molecule has 1 amide bonds. The van der Waals surface area contributed by atoms with Gasteiger partial charge in [-0.15, -0.1) is 11.3 Å². The van der Waals surface area contributed by atoms with Gasteiger partial charge in [0.1, 0.15) is 6.04 Å². The van der Waals surface area contributed by atoms with Crippen molar-refractivity contribution in [2.75, 3.05) is 26.2 Å². The Morgan fingerprint density at radius 3 is 2.52 bits per heavy atom. The molecule has 2 rings (SSSR count). The standard InChI is InChI=1S/C14H17BrN2O3S/c1-10(14(19)20)16-6-8-17(9-7-16)13(18)5-3-11-2-4-12(15)21-11/h2-5,10H,6-9H2,1H3,(H,19,20). The predicted octanol–water partition coefficient (Wildman–Crippen LogP) is 2.14. The smallest absolute Gasteiger partial charge is 0.320 e. The number of nitrogens with zero attached hydrogens (tertiary/aromatic N) is 2. The number of hydrogen-bond acceptors (Lipinski definition) is 4. The second kappa shape index (κ2) is 7.20. The molecule has 5 nitrogen and oxygen atoms in total. The summed E-state index contributed by atoms with van der Waals surface area (Å²) < 4.78 is 1.03. The van der Waals surface area contributed by atoms with Crippen LogP contribution >= 0.6 is 27.3 Å². The van der Waals surface area contributed by atoms with Crippen molar-refractivity contribution in [3.05, 3.63) is 26.9 Å². The van der Waals surface area contributed by atoms with Gasteiger partial charge in [-0.1, -0.05) is 0 Å². The molecule has 0 spiro atoms. The molecule has 0 saturated carbocycles. The highest BCUT2D eigenvalue weighted by atomic mass is 79.9. The molecule has 0 aromatic carbocycles. The number of halogens is 1. The SMILES string of the molecule is CC(C(=O)O)N1CCN(C(=O)C=Cc2ccc(Br)s2)CC1. The van der Waals surface area contributed by atoms with Crippen LogP contribution in [0.2, 0.25) is 0 Å². The van der Waals surface area contributed by atoms with E-state index in [1.54, 1.807) is 29.2 Å². The summed E-state index contributed by atoms with van der Waals surface area (Å²) in [6, 6.07) is 3.40. The lowest BCUT2D eigenvalue weighted by atomic mass is 10.2. The van der Waals surface area contributed by atoms with Crippen LogP contribution in [0, 0.1) is 0 Å². The molecule has 1 unspecified atom stereocenters. The first kappa shape index (κ1) is 16.2. The van der Waals surface area contributed by atoms with Crippen LogP contribution in [0.5, 0.6) is 0 Å². The number of carboxylic acid groups (broad SMARTS) is 1. The zero-order valence-corrected chi connectivity index (χ0v) is 14.1. The number of amides is 1. The Bertz CT molecular complexity index is 550. The molecule has 1 aromatic heterocycles. The van der Waals surface area contributed by atoms with Crippen molar-refractivity contribution in [2.45, 2.75) is 13.0 Å². The van der Waals surface area contributed by atoms with Gasteiger partial charge in [0, 0.05) is 37.1 Å². The van der Waals surface area contributed by atoms with E-state index in [1.807, 2.05) is 23.1 Å². The fourth-order valence-corrected chi connectivity index (χ4v) is 3.49. The van der Waals surface area contributed by atoms with Crippen molar-refractivity contribution >= 4 is 45.2 Å². The van der Waals surface area contributed by atoms with Crippen molar-refractivity contribution < 1.29 is 14.7 Å². The molecule has 7 heteroatoms. The molecule has 2 heterocycles. The van der Waals surface area contributed by atoms with Crippen molar-refractivity contribution in [2.24, 2.45) is 0 Å². The van der Waals surface area contributed by atoms with Gasteiger partial charge in [-0.05, 0) is 41.1 Å². The summed E-state index contributed by atoms with van der Waals surface area (Å²) in [5.41, 5.74) is 0. The first-order valence-electron chi connectivity index (χ1n) is 6.66. The summed E-state index contributed by atoms with van der Waals surface area (Å²) in [6.07, 6.45) is 3.39. The van der Waals surface area contributed by atoms with E-state index in [9.17, 15) is 9.59 Å². The molecule has 0 radical (unpaired) electrons. The van der Waals surface area contributed by atoms with Crippen LogP contribution in [0.4, 0.5) is 0 Å². The predicted molar refractivity (Wildman–Crippen MR) is 86.3 cm³/mol. The van der Waals surface area contributed by atoms with E-state index >= 15 is 0 Å². The number of carboxylic acids is 1. The van der Waals surface area contributed by atoms with Gasteiger partial charge in [-0.25, -0.2) is 0 Å². The number of carbonyl (C=O) groups excluding carboxylic acids is 1. The van der Waals surface area contributed by atoms with Gasteiger partial charge in [-0.3, -0.25) is 14.5 Å². The first-order chi connectivity index (χ1) is 9.97. The molecule has 1 aliphatic rings. The maximum Gasteiger partial charge on any atom is 0.320 e. The van der Waals surface area contributed by atoms with Crippen LogP contribution < -0.4 is 0 Å². The summed E-state index contributed by atoms with van der Waals surface area (Å²) in [5, 5.41) is 8.99. The molecular formula is C14H17BrN2O3S. The molecule has 0 aliphatic carbocycles. The normalized spacial score (nSPS) is 18.1. The Morgan fingerprint density at radius 1 is 1.33 bits per heavy atom. The van der Waals surface area contributed by atoms with Gasteiger partial charge in [0.25, 0.3) is 0 Å². The second-order valence-electron chi connectivity index (χ2n) is 4.85. The molecule has 0 bridgehead atoms. The molecule has 1 saturated heterocycles. The average Bonchev–Trinajstić information content (AvgIpc) is 2.89. The summed E-state index contributed by atoms with van der Waals surface area (Å²) in [4.78, 5) is 27.7. The van der Waals surface area contributed by atoms with Crippen LogP contribution in [0.15, 0.2) is 22.0 Å². The zero-order valence-electron chi connectivity index (χ0n) is 11.7. The van der Waals surface area contributed by atoms with E-state index in [-0.39, 0.29) is 5.91 Å². The topological polar surface area (TPSA) is 60.9 Å². The fraction of sp³-hybridized carbons (Fsp3) is 0.429. The van der Waals surface area contributed by atoms with Crippen molar-refractivity contribution in [1.29, 1.82) is 0 Å². The van der Waals surface area contributed by atoms with Gasteiger partial charge in [0.2, 0.25) is 5.91 Å². The number of piperazine rings is 1. The lowest BCUT2D eigenvalue weighted by Crippen LogP contribution is -2.52. The number of hydrogen-bond donors (Lipinski definition) is 1. The minimum atomic E-state index is -0.821. The molecule has 1 atom stereocenters. The Hall–Kier alpha value is -1.18. The largest absolute Gasteiger partial charge is 0.480 e. The Morgan fingerprint density at radius 2 is 2.00 bits per heavy atom. The monoisotopic (exact) mass is 372 g/mol. The van der Waals surface area contributed by atoms with Gasteiger partial charge < -0.3 is 10.0 Å². The maximum absolute atomic E-state index is 12.1. The lowest BCUT2D eigenvalue weighted by molar-refractivity contribution is -0.143. The van der Waals surface area contributed by atoms with E-state index in [4.69, 9.17) is 5.11 Å². The van der Waals surface area contributed by atoms with Crippen molar-refractivity contribution in [3.63, 3.8) is 0 Å². The molecule has 114 valence electrons. The molecule has 1 N–H and O–H groups in total. The van der Waals surface area contributed by atoms with E-state index in [1.165, 1.54) is 0 Å². The number of thiophene rings is 1. The van der Waals surface area contributed by atoms with Gasteiger partial charge in [0.05, 0.1) is 3.79 Å². The Kier molecular flexibility index (Phi) is 5.55. The summed E-state index contributed by atoms with van der Waals surface area (Å²) in [5.74, 6) is -0.847. The highest BCUT2D eigenvalue weighted by Gasteiger charge is 2.26. The molecule has 1 aromatic rings. The minimum Gasteiger partial charge on any atom is -0.480 e. The van der Waals surface area contributed by atoms with E-state index in [0.717, 1.165) is 8.66 Å². The van der Waals surface area contributed by atoms with E-state index in [2.05, 4.69) is 15.9 Å². The summed E-state index contributed by atoms with van der Waals surface area (Å²) in [6.45, 7) is 3.99. The van der Waals surface area contributed by atoms with Crippen LogP contribution in [-0.2, 0) is 9.59 Å². The van der Waals surface area contributed by atoms with Crippen LogP contribution in [-0.4, -0.2) is 59.0 Å². The molecular weight excluding hydrogens is 356 g/mol. The number of rotatable bonds is 4. The summed E-state index contributed by atoms with van der Waals surface area (Å²) >= 11 is 4.95.